The molecule has 0 unspecified atom stereocenters. The second-order valence-corrected chi connectivity index (χ2v) is 11.6. The highest BCUT2D eigenvalue weighted by Gasteiger charge is 2.44. The van der Waals surface area contributed by atoms with Gasteiger partial charge in [-0.15, -0.1) is 6.58 Å². The minimum atomic E-state index is -0.388. The van der Waals surface area contributed by atoms with Crippen molar-refractivity contribution in [2.75, 3.05) is 36.9 Å². The molecule has 3 aliphatic heterocycles. The maximum absolute atomic E-state index is 12.7. The van der Waals surface area contributed by atoms with Crippen molar-refractivity contribution in [3.05, 3.63) is 89.1 Å². The fourth-order valence-electron chi connectivity index (χ4n) is 6.40. The number of piperidine rings is 3. The zero-order valence-corrected chi connectivity index (χ0v) is 24.6. The molecule has 0 amide bonds. The maximum atomic E-state index is 12.7. The monoisotopic (exact) mass is 593 g/mol. The largest absolute Gasteiger partial charge is 0.394 e. The number of hydrogen-bond donors (Lipinski definition) is 3. The van der Waals surface area contributed by atoms with Gasteiger partial charge in [0.15, 0.2) is 11.5 Å². The highest BCUT2D eigenvalue weighted by Crippen LogP contribution is 2.42. The summed E-state index contributed by atoms with van der Waals surface area (Å²) < 4.78 is 9.18. The van der Waals surface area contributed by atoms with Crippen molar-refractivity contribution in [2.24, 2.45) is 7.05 Å². The summed E-state index contributed by atoms with van der Waals surface area (Å²) in [5.74, 6) is 2.18. The Morgan fingerprint density at radius 2 is 1.86 bits per heavy atom. The van der Waals surface area contributed by atoms with Gasteiger partial charge in [-0.2, -0.15) is 4.98 Å². The summed E-state index contributed by atoms with van der Waals surface area (Å²) in [5, 5.41) is 22.1. The number of fused-ring (bicyclic) bond motifs is 4. The van der Waals surface area contributed by atoms with Crippen molar-refractivity contribution >= 4 is 28.4 Å². The number of aromatic nitrogens is 6. The Morgan fingerprint density at radius 1 is 1.09 bits per heavy atom. The SMILES string of the molecule is C=CCn1c2nc(Nc3cc(N[C@H](CO)c4ccccc4)c(-c4nc(C56CCN(CC5)CC6)no4)cn3)ccc2c(=O)n1C. The Labute approximate surface area is 254 Å². The summed E-state index contributed by atoms with van der Waals surface area (Å²) in [6.07, 6.45) is 6.49. The smallest absolute Gasteiger partial charge is 0.275 e. The minimum absolute atomic E-state index is 0.0507. The second-order valence-electron chi connectivity index (χ2n) is 11.6. The topological polar surface area (TPSA) is 139 Å². The molecular formula is C32H35N9O3. The zero-order chi connectivity index (χ0) is 30.3. The van der Waals surface area contributed by atoms with Crippen LogP contribution in [0.15, 0.2) is 76.7 Å². The first-order valence-electron chi connectivity index (χ1n) is 14.9. The van der Waals surface area contributed by atoms with Crippen molar-refractivity contribution in [3.8, 4) is 11.5 Å². The predicted octanol–water partition coefficient (Wildman–Crippen LogP) is 3.99. The lowest BCUT2D eigenvalue weighted by Crippen LogP contribution is -2.51. The lowest BCUT2D eigenvalue weighted by molar-refractivity contribution is 0.0747. The van der Waals surface area contributed by atoms with E-state index in [2.05, 4.69) is 32.3 Å². The van der Waals surface area contributed by atoms with E-state index in [0.717, 1.165) is 50.3 Å². The van der Waals surface area contributed by atoms with E-state index >= 15 is 0 Å². The van der Waals surface area contributed by atoms with Gasteiger partial charge in [0.05, 0.1) is 35.8 Å². The van der Waals surface area contributed by atoms with E-state index in [1.165, 1.54) is 4.68 Å². The number of rotatable bonds is 10. The lowest BCUT2D eigenvalue weighted by Gasteiger charge is -2.46. The van der Waals surface area contributed by atoms with Crippen LogP contribution >= 0.6 is 0 Å². The average Bonchev–Trinajstić information content (AvgIpc) is 3.66. The lowest BCUT2D eigenvalue weighted by atomic mass is 9.71. The Kier molecular flexibility index (Phi) is 7.23. The molecule has 44 heavy (non-hydrogen) atoms. The molecule has 3 fully saturated rings. The third-order valence-electron chi connectivity index (χ3n) is 9.03. The van der Waals surface area contributed by atoms with Crippen LogP contribution in [0.5, 0.6) is 0 Å². The molecule has 226 valence electrons. The number of anilines is 3. The van der Waals surface area contributed by atoms with Gasteiger partial charge in [0.25, 0.3) is 11.4 Å². The van der Waals surface area contributed by atoms with Gasteiger partial charge in [-0.25, -0.2) is 9.97 Å². The first-order chi connectivity index (χ1) is 21.5. The van der Waals surface area contributed by atoms with Gasteiger partial charge < -0.3 is 25.2 Å². The third-order valence-corrected chi connectivity index (χ3v) is 9.03. The number of allylic oxidation sites excluding steroid dienone is 1. The standard InChI is InChI=1S/C32H35N9O3/c1-3-14-41-28-22(30(43)39(41)2)9-10-26(36-28)35-27-18-24(34-25(20-42)21-7-5-4-6-8-21)23(19-33-27)29-37-31(38-44-29)32-11-15-40(16-12-32)17-13-32/h3-10,18-19,25,42H,1,11-17,20H2,2H3,(H2,33,34,35,36)/t25-/m1/s1. The third kappa shape index (κ3) is 4.95. The quantitative estimate of drug-likeness (QED) is 0.204. The molecule has 2 bridgehead atoms. The van der Waals surface area contributed by atoms with Crippen LogP contribution < -0.4 is 16.2 Å². The van der Waals surface area contributed by atoms with Crippen molar-refractivity contribution in [1.29, 1.82) is 0 Å². The molecular weight excluding hydrogens is 558 g/mol. The number of nitrogens with one attached hydrogen (secondary N) is 2. The first kappa shape index (κ1) is 28.0. The van der Waals surface area contributed by atoms with Crippen molar-refractivity contribution in [1.82, 2.24) is 34.4 Å². The molecule has 12 heteroatoms. The van der Waals surface area contributed by atoms with Crippen molar-refractivity contribution in [3.63, 3.8) is 0 Å². The van der Waals surface area contributed by atoms with Crippen LogP contribution in [0.2, 0.25) is 0 Å². The highest BCUT2D eigenvalue weighted by molar-refractivity contribution is 5.79. The molecule has 3 saturated heterocycles. The van der Waals surface area contributed by atoms with Gasteiger partial charge in [-0.1, -0.05) is 41.6 Å². The molecule has 1 aromatic carbocycles. The molecule has 0 aliphatic carbocycles. The molecule has 12 nitrogen and oxygen atoms in total. The Hall–Kier alpha value is -4.81. The van der Waals surface area contributed by atoms with Gasteiger partial charge in [0.2, 0.25) is 0 Å². The van der Waals surface area contributed by atoms with Crippen LogP contribution in [0, 0.1) is 0 Å². The van der Waals surface area contributed by atoms with E-state index in [1.54, 1.807) is 36.1 Å². The Balaban J connectivity index is 1.25. The van der Waals surface area contributed by atoms with Crippen LogP contribution in [-0.2, 0) is 19.0 Å². The van der Waals surface area contributed by atoms with E-state index in [9.17, 15) is 9.90 Å². The highest BCUT2D eigenvalue weighted by atomic mass is 16.5. The van der Waals surface area contributed by atoms with E-state index in [0.29, 0.717) is 46.4 Å². The maximum Gasteiger partial charge on any atom is 0.275 e. The van der Waals surface area contributed by atoms with Crippen LogP contribution in [0.3, 0.4) is 0 Å². The summed E-state index contributed by atoms with van der Waals surface area (Å²) in [6, 6.07) is 14.7. The normalized spacial score (nSPS) is 20.1. The second kappa shape index (κ2) is 11.4. The van der Waals surface area contributed by atoms with E-state index < -0.39 is 0 Å². The van der Waals surface area contributed by atoms with Gasteiger partial charge in [0.1, 0.15) is 11.6 Å². The number of aliphatic hydroxyl groups is 1. The summed E-state index contributed by atoms with van der Waals surface area (Å²) in [5.41, 5.74) is 2.62. The van der Waals surface area contributed by atoms with Crippen LogP contribution in [-0.4, -0.2) is 65.7 Å². The number of nitrogens with zero attached hydrogens (tertiary/aromatic N) is 7. The molecule has 8 rings (SSSR count). The summed E-state index contributed by atoms with van der Waals surface area (Å²) in [4.78, 5) is 29.5. The molecule has 7 heterocycles. The molecule has 0 spiro atoms. The summed E-state index contributed by atoms with van der Waals surface area (Å²) in [6.45, 7) is 7.29. The van der Waals surface area contributed by atoms with E-state index in [4.69, 9.17) is 14.5 Å². The Bertz CT molecular complexity index is 1860. The molecule has 3 N–H and O–H groups in total. The number of hydrogen-bond acceptors (Lipinski definition) is 10. The Morgan fingerprint density at radius 3 is 2.59 bits per heavy atom. The molecule has 4 aromatic heterocycles. The first-order valence-corrected chi connectivity index (χ1v) is 14.9. The molecule has 0 radical (unpaired) electrons. The van der Waals surface area contributed by atoms with E-state index in [-0.39, 0.29) is 23.6 Å². The zero-order valence-electron chi connectivity index (χ0n) is 24.6. The minimum Gasteiger partial charge on any atom is -0.394 e. The van der Waals surface area contributed by atoms with Gasteiger partial charge in [-0.05, 0) is 56.6 Å². The van der Waals surface area contributed by atoms with E-state index in [1.807, 2.05) is 36.4 Å². The fourth-order valence-corrected chi connectivity index (χ4v) is 6.40. The molecule has 1 atom stereocenters. The van der Waals surface area contributed by atoms with Crippen molar-refractivity contribution < 1.29 is 9.63 Å². The van der Waals surface area contributed by atoms with Gasteiger partial charge >= 0.3 is 0 Å². The number of benzene rings is 1. The summed E-state index contributed by atoms with van der Waals surface area (Å²) >= 11 is 0. The van der Waals surface area contributed by atoms with Crippen LogP contribution in [0.4, 0.5) is 17.3 Å². The molecule has 0 saturated carbocycles. The average molecular weight is 594 g/mol. The predicted molar refractivity (Wildman–Crippen MR) is 168 cm³/mol. The molecule has 3 aliphatic rings. The van der Waals surface area contributed by atoms with Crippen molar-refractivity contribution in [2.45, 2.75) is 37.3 Å². The van der Waals surface area contributed by atoms with Crippen LogP contribution in [0.1, 0.15) is 36.7 Å². The molecule has 5 aromatic rings. The fraction of sp³-hybridized carbons (Fsp3) is 0.344. The van der Waals surface area contributed by atoms with Crippen LogP contribution in [0.25, 0.3) is 22.5 Å². The summed E-state index contributed by atoms with van der Waals surface area (Å²) in [7, 11) is 1.71. The van der Waals surface area contributed by atoms with Gasteiger partial charge in [-0.3, -0.25) is 14.2 Å². The number of pyridine rings is 2. The van der Waals surface area contributed by atoms with Gasteiger partial charge in [0, 0.05) is 24.7 Å². The number of aliphatic hydroxyl groups excluding tert-OH is 1.